The minimum absolute atomic E-state index is 0.0962. The van der Waals surface area contributed by atoms with Crippen LogP contribution in [0.4, 0.5) is 0 Å². The van der Waals surface area contributed by atoms with Crippen molar-refractivity contribution >= 4 is 5.78 Å². The molecule has 1 aliphatic carbocycles. The van der Waals surface area contributed by atoms with Gasteiger partial charge in [-0.2, -0.15) is 0 Å². The van der Waals surface area contributed by atoms with Crippen LogP contribution in [-0.4, -0.2) is 17.0 Å². The molecule has 0 spiro atoms. The number of aliphatic hydroxyl groups is 1. The molecule has 1 saturated carbocycles. The van der Waals surface area contributed by atoms with Crippen LogP contribution in [0.25, 0.3) is 0 Å². The molecule has 3 atom stereocenters. The van der Waals surface area contributed by atoms with E-state index in [4.69, 9.17) is 4.74 Å². The number of ether oxygens (including phenoxy) is 1. The van der Waals surface area contributed by atoms with E-state index in [1.54, 1.807) is 12.1 Å². The third-order valence-corrected chi connectivity index (χ3v) is 4.39. The number of Topliss-reactive ketones (excluding diaryl/α,β-unsaturated/α-hetero) is 1. The number of fused-ring (bicyclic) bond motifs is 3. The molecule has 1 N–H and O–H groups in total. The molecule has 2 aliphatic rings. The fraction of sp³-hybridized carbons (Fsp3) is 0.235. The van der Waals surface area contributed by atoms with Crippen LogP contribution >= 0.6 is 0 Å². The maximum atomic E-state index is 12.4. The van der Waals surface area contributed by atoms with E-state index in [-0.39, 0.29) is 11.7 Å². The number of hydrogen-bond donors (Lipinski definition) is 1. The Hall–Kier alpha value is -2.13. The van der Waals surface area contributed by atoms with E-state index < -0.39 is 11.7 Å². The van der Waals surface area contributed by atoms with Gasteiger partial charge in [0.25, 0.3) is 0 Å². The van der Waals surface area contributed by atoms with Crippen molar-refractivity contribution in [3.63, 3.8) is 0 Å². The molecule has 0 aromatic heterocycles. The van der Waals surface area contributed by atoms with Crippen LogP contribution in [0.3, 0.4) is 0 Å². The molecule has 0 radical (unpaired) electrons. The fourth-order valence-electron chi connectivity index (χ4n) is 3.40. The van der Waals surface area contributed by atoms with Gasteiger partial charge in [-0.25, -0.2) is 0 Å². The van der Waals surface area contributed by atoms with E-state index in [9.17, 15) is 9.90 Å². The number of para-hydroxylation sites is 1. The molecule has 1 aliphatic heterocycles. The van der Waals surface area contributed by atoms with Crippen molar-refractivity contribution in [3.8, 4) is 5.75 Å². The van der Waals surface area contributed by atoms with Gasteiger partial charge in [0.15, 0.2) is 11.4 Å². The van der Waals surface area contributed by atoms with Gasteiger partial charge < -0.3 is 9.84 Å². The molecule has 2 aromatic carbocycles. The lowest BCUT2D eigenvalue weighted by Gasteiger charge is -2.23. The highest BCUT2D eigenvalue weighted by atomic mass is 16.5. The van der Waals surface area contributed by atoms with Crippen LogP contribution < -0.4 is 4.74 Å². The number of benzene rings is 2. The van der Waals surface area contributed by atoms with Crippen molar-refractivity contribution in [2.45, 2.75) is 24.0 Å². The average molecular weight is 266 g/mol. The van der Waals surface area contributed by atoms with Gasteiger partial charge in [0, 0.05) is 17.9 Å². The SMILES string of the molecule is O=C1CC(c2ccccc2)C2Oc3ccccc3C12O. The van der Waals surface area contributed by atoms with Gasteiger partial charge in [-0.15, -0.1) is 0 Å². The van der Waals surface area contributed by atoms with E-state index in [0.29, 0.717) is 17.7 Å². The lowest BCUT2D eigenvalue weighted by Crippen LogP contribution is -2.40. The monoisotopic (exact) mass is 266 g/mol. The minimum Gasteiger partial charge on any atom is -0.485 e. The smallest absolute Gasteiger partial charge is 0.189 e. The number of ketones is 1. The van der Waals surface area contributed by atoms with Gasteiger partial charge in [-0.05, 0) is 11.6 Å². The largest absolute Gasteiger partial charge is 0.485 e. The maximum Gasteiger partial charge on any atom is 0.189 e. The Kier molecular flexibility index (Phi) is 2.30. The molecule has 0 amide bonds. The van der Waals surface area contributed by atoms with Gasteiger partial charge in [0.05, 0.1) is 0 Å². The van der Waals surface area contributed by atoms with Crippen LogP contribution in [-0.2, 0) is 10.4 Å². The lowest BCUT2D eigenvalue weighted by atomic mass is 9.88. The summed E-state index contributed by atoms with van der Waals surface area (Å²) in [5.74, 6) is 0.372. The van der Waals surface area contributed by atoms with Crippen molar-refractivity contribution in [3.05, 3.63) is 65.7 Å². The zero-order valence-electron chi connectivity index (χ0n) is 10.8. The summed E-state index contributed by atoms with van der Waals surface area (Å²) in [5.41, 5.74) is 0.153. The van der Waals surface area contributed by atoms with Crippen LogP contribution in [0.1, 0.15) is 23.5 Å². The molecule has 0 saturated heterocycles. The second kappa shape index (κ2) is 3.93. The molecule has 0 bridgehead atoms. The van der Waals surface area contributed by atoms with Gasteiger partial charge in [0.2, 0.25) is 0 Å². The van der Waals surface area contributed by atoms with Crippen LogP contribution in [0, 0.1) is 0 Å². The minimum atomic E-state index is -1.49. The zero-order valence-corrected chi connectivity index (χ0v) is 10.8. The average Bonchev–Trinajstić information content (AvgIpc) is 2.92. The van der Waals surface area contributed by atoms with Crippen molar-refractivity contribution in [1.82, 2.24) is 0 Å². The summed E-state index contributed by atoms with van der Waals surface area (Å²) in [6.45, 7) is 0. The van der Waals surface area contributed by atoms with E-state index in [1.165, 1.54) is 0 Å². The van der Waals surface area contributed by atoms with E-state index in [1.807, 2.05) is 42.5 Å². The Bertz CT molecular complexity index is 680. The Morgan fingerprint density at radius 3 is 2.55 bits per heavy atom. The predicted molar refractivity (Wildman–Crippen MR) is 73.6 cm³/mol. The fourth-order valence-corrected chi connectivity index (χ4v) is 3.40. The number of hydrogen-bond acceptors (Lipinski definition) is 3. The quantitative estimate of drug-likeness (QED) is 0.862. The summed E-state index contributed by atoms with van der Waals surface area (Å²) >= 11 is 0. The highest BCUT2D eigenvalue weighted by Crippen LogP contribution is 2.53. The van der Waals surface area contributed by atoms with E-state index in [2.05, 4.69) is 0 Å². The van der Waals surface area contributed by atoms with E-state index >= 15 is 0 Å². The van der Waals surface area contributed by atoms with Gasteiger partial charge >= 0.3 is 0 Å². The first-order chi connectivity index (χ1) is 9.71. The highest BCUT2D eigenvalue weighted by Gasteiger charge is 2.61. The summed E-state index contributed by atoms with van der Waals surface area (Å²) in [5, 5.41) is 10.9. The molecule has 3 unspecified atom stereocenters. The Morgan fingerprint density at radius 1 is 1.05 bits per heavy atom. The summed E-state index contributed by atoms with van der Waals surface area (Å²) in [4.78, 5) is 12.4. The van der Waals surface area contributed by atoms with Gasteiger partial charge in [0.1, 0.15) is 11.9 Å². The Balaban J connectivity index is 1.83. The number of rotatable bonds is 1. The van der Waals surface area contributed by atoms with E-state index in [0.717, 1.165) is 5.56 Å². The number of carbonyl (C=O) groups is 1. The van der Waals surface area contributed by atoms with Crippen molar-refractivity contribution in [2.24, 2.45) is 0 Å². The van der Waals surface area contributed by atoms with Crippen molar-refractivity contribution < 1.29 is 14.6 Å². The molecule has 20 heavy (non-hydrogen) atoms. The standard InChI is InChI=1S/C17H14O3/c18-15-10-12(11-6-2-1-3-7-11)16-17(15,19)13-8-4-5-9-14(13)20-16/h1-9,12,16,19H,10H2. The Morgan fingerprint density at radius 2 is 1.75 bits per heavy atom. The highest BCUT2D eigenvalue weighted by molar-refractivity contribution is 5.94. The molecule has 1 heterocycles. The van der Waals surface area contributed by atoms with Crippen molar-refractivity contribution in [2.75, 3.05) is 0 Å². The molecule has 2 aromatic rings. The first kappa shape index (κ1) is 11.7. The summed E-state index contributed by atoms with van der Waals surface area (Å²) in [6.07, 6.45) is -0.200. The van der Waals surface area contributed by atoms with Gasteiger partial charge in [-0.1, -0.05) is 48.5 Å². The summed E-state index contributed by atoms with van der Waals surface area (Å²) in [6, 6.07) is 17.1. The Labute approximate surface area is 116 Å². The van der Waals surface area contributed by atoms with Crippen LogP contribution in [0.15, 0.2) is 54.6 Å². The molecule has 100 valence electrons. The van der Waals surface area contributed by atoms with Gasteiger partial charge in [-0.3, -0.25) is 4.79 Å². The predicted octanol–water partition coefficient (Wildman–Crippen LogP) is 2.39. The van der Waals surface area contributed by atoms with Crippen LogP contribution in [0.2, 0.25) is 0 Å². The molecule has 3 nitrogen and oxygen atoms in total. The second-order valence-corrected chi connectivity index (χ2v) is 5.45. The molecular formula is C17H14O3. The second-order valence-electron chi connectivity index (χ2n) is 5.45. The number of carbonyl (C=O) groups excluding carboxylic acids is 1. The topological polar surface area (TPSA) is 46.5 Å². The summed E-state index contributed by atoms with van der Waals surface area (Å²) in [7, 11) is 0. The van der Waals surface area contributed by atoms with Crippen molar-refractivity contribution in [1.29, 1.82) is 0 Å². The molecular weight excluding hydrogens is 252 g/mol. The third kappa shape index (κ3) is 1.36. The first-order valence-electron chi connectivity index (χ1n) is 6.78. The zero-order chi connectivity index (χ0) is 13.7. The molecule has 4 rings (SSSR count). The molecule has 1 fully saturated rings. The maximum absolute atomic E-state index is 12.4. The first-order valence-corrected chi connectivity index (χ1v) is 6.78. The van der Waals surface area contributed by atoms with Crippen LogP contribution in [0.5, 0.6) is 5.75 Å². The normalized spacial score (nSPS) is 30.8. The lowest BCUT2D eigenvalue weighted by molar-refractivity contribution is -0.137. The molecule has 3 heteroatoms. The third-order valence-electron chi connectivity index (χ3n) is 4.39. The summed E-state index contributed by atoms with van der Waals surface area (Å²) < 4.78 is 5.90.